The Kier molecular flexibility index (Phi) is 4.34. The lowest BCUT2D eigenvalue weighted by atomic mass is 9.67. The maximum atomic E-state index is 4.40. The Morgan fingerprint density at radius 2 is 2.16 bits per heavy atom. The van der Waals surface area contributed by atoms with Crippen LogP contribution in [0.4, 0.5) is 0 Å². The fourth-order valence-electron chi connectivity index (χ4n) is 3.53. The van der Waals surface area contributed by atoms with Crippen molar-refractivity contribution in [3.05, 3.63) is 18.2 Å². The predicted octanol–water partition coefficient (Wildman–Crippen LogP) is 3.56. The van der Waals surface area contributed by atoms with Crippen LogP contribution in [0.5, 0.6) is 0 Å². The SMILES string of the molecule is CCC(C)(C)C1CCC(NC)C(n2ccnc2C)C1. The fraction of sp³-hybridized carbons (Fsp3) is 0.812. The van der Waals surface area contributed by atoms with Crippen molar-refractivity contribution >= 4 is 0 Å². The summed E-state index contributed by atoms with van der Waals surface area (Å²) in [6.45, 7) is 9.29. The van der Waals surface area contributed by atoms with E-state index >= 15 is 0 Å². The lowest BCUT2D eigenvalue weighted by molar-refractivity contribution is 0.102. The number of rotatable bonds is 4. The van der Waals surface area contributed by atoms with Gasteiger partial charge in [-0.1, -0.05) is 27.2 Å². The second kappa shape index (κ2) is 5.66. The van der Waals surface area contributed by atoms with Crippen LogP contribution in [0.1, 0.15) is 58.3 Å². The monoisotopic (exact) mass is 263 g/mol. The van der Waals surface area contributed by atoms with Gasteiger partial charge in [-0.2, -0.15) is 0 Å². The highest BCUT2D eigenvalue weighted by molar-refractivity contribution is 4.99. The molecule has 0 spiro atoms. The molecule has 1 aromatic rings. The summed E-state index contributed by atoms with van der Waals surface area (Å²) in [6.07, 6.45) is 9.22. The van der Waals surface area contributed by atoms with E-state index in [4.69, 9.17) is 0 Å². The molecular weight excluding hydrogens is 234 g/mol. The Hall–Kier alpha value is -0.830. The predicted molar refractivity (Wildman–Crippen MR) is 80.3 cm³/mol. The molecular formula is C16H29N3. The van der Waals surface area contributed by atoms with Gasteiger partial charge in [-0.15, -0.1) is 0 Å². The largest absolute Gasteiger partial charge is 0.331 e. The second-order valence-corrected chi connectivity index (χ2v) is 6.70. The average molecular weight is 263 g/mol. The van der Waals surface area contributed by atoms with Crippen molar-refractivity contribution in [1.82, 2.24) is 14.9 Å². The summed E-state index contributed by atoms with van der Waals surface area (Å²) in [5.74, 6) is 1.95. The average Bonchev–Trinajstić information content (AvgIpc) is 2.84. The van der Waals surface area contributed by atoms with Crippen molar-refractivity contribution in [2.24, 2.45) is 11.3 Å². The van der Waals surface area contributed by atoms with Gasteiger partial charge in [0.1, 0.15) is 5.82 Å². The first kappa shape index (κ1) is 14.6. The van der Waals surface area contributed by atoms with Gasteiger partial charge in [-0.25, -0.2) is 4.98 Å². The third-order valence-electron chi connectivity index (χ3n) is 5.42. The minimum Gasteiger partial charge on any atom is -0.331 e. The summed E-state index contributed by atoms with van der Waals surface area (Å²) >= 11 is 0. The van der Waals surface area contributed by atoms with Crippen LogP contribution in [0.3, 0.4) is 0 Å². The van der Waals surface area contributed by atoms with Gasteiger partial charge < -0.3 is 9.88 Å². The molecule has 1 heterocycles. The lowest BCUT2D eigenvalue weighted by Gasteiger charge is -2.43. The highest BCUT2D eigenvalue weighted by Gasteiger charge is 2.37. The molecule has 1 aliphatic carbocycles. The van der Waals surface area contributed by atoms with Crippen molar-refractivity contribution < 1.29 is 0 Å². The highest BCUT2D eigenvalue weighted by atomic mass is 15.1. The number of nitrogens with zero attached hydrogens (tertiary/aromatic N) is 2. The van der Waals surface area contributed by atoms with E-state index in [9.17, 15) is 0 Å². The number of aromatic nitrogens is 2. The molecule has 1 aliphatic rings. The Labute approximate surface area is 117 Å². The van der Waals surface area contributed by atoms with Gasteiger partial charge in [0.15, 0.2) is 0 Å². The van der Waals surface area contributed by atoms with Gasteiger partial charge in [0.2, 0.25) is 0 Å². The molecule has 0 aliphatic heterocycles. The number of nitrogens with one attached hydrogen (secondary N) is 1. The molecule has 0 radical (unpaired) electrons. The van der Waals surface area contributed by atoms with Crippen molar-refractivity contribution in [3.8, 4) is 0 Å². The molecule has 2 rings (SSSR count). The van der Waals surface area contributed by atoms with Crippen LogP contribution in [0, 0.1) is 18.3 Å². The first-order valence-corrected chi connectivity index (χ1v) is 7.66. The summed E-state index contributed by atoms with van der Waals surface area (Å²) in [5, 5.41) is 3.51. The van der Waals surface area contributed by atoms with Gasteiger partial charge in [-0.3, -0.25) is 0 Å². The van der Waals surface area contributed by atoms with E-state index < -0.39 is 0 Å². The van der Waals surface area contributed by atoms with Crippen LogP contribution in [-0.4, -0.2) is 22.6 Å². The van der Waals surface area contributed by atoms with Gasteiger partial charge in [0, 0.05) is 18.4 Å². The van der Waals surface area contributed by atoms with Crippen LogP contribution >= 0.6 is 0 Å². The summed E-state index contributed by atoms with van der Waals surface area (Å²) in [5.41, 5.74) is 0.450. The van der Waals surface area contributed by atoms with E-state index in [1.807, 2.05) is 6.20 Å². The normalized spacial score (nSPS) is 28.6. The van der Waals surface area contributed by atoms with E-state index in [2.05, 4.69) is 55.8 Å². The zero-order chi connectivity index (χ0) is 14.0. The molecule has 0 bridgehead atoms. The van der Waals surface area contributed by atoms with E-state index in [0.29, 0.717) is 17.5 Å². The van der Waals surface area contributed by atoms with Crippen molar-refractivity contribution in [2.75, 3.05) is 7.05 Å². The Morgan fingerprint density at radius 3 is 2.68 bits per heavy atom. The van der Waals surface area contributed by atoms with Crippen LogP contribution in [0.15, 0.2) is 12.4 Å². The molecule has 3 nitrogen and oxygen atoms in total. The Balaban J connectivity index is 2.21. The third kappa shape index (κ3) is 2.86. The van der Waals surface area contributed by atoms with E-state index in [1.165, 1.54) is 25.7 Å². The van der Waals surface area contributed by atoms with Gasteiger partial charge in [0.05, 0.1) is 6.04 Å². The van der Waals surface area contributed by atoms with Crippen molar-refractivity contribution in [1.29, 1.82) is 0 Å². The topological polar surface area (TPSA) is 29.9 Å². The molecule has 0 aromatic carbocycles. The Morgan fingerprint density at radius 1 is 1.42 bits per heavy atom. The maximum Gasteiger partial charge on any atom is 0.105 e. The van der Waals surface area contributed by atoms with E-state index in [-0.39, 0.29) is 0 Å². The number of imidazole rings is 1. The Bertz CT molecular complexity index is 408. The van der Waals surface area contributed by atoms with Gasteiger partial charge >= 0.3 is 0 Å². The molecule has 1 fully saturated rings. The third-order valence-corrected chi connectivity index (χ3v) is 5.42. The smallest absolute Gasteiger partial charge is 0.105 e. The molecule has 0 saturated heterocycles. The molecule has 1 saturated carbocycles. The number of hydrogen-bond acceptors (Lipinski definition) is 2. The summed E-state index contributed by atoms with van der Waals surface area (Å²) < 4.78 is 2.37. The standard InChI is InChI=1S/C16H29N3/c1-6-16(3,4)13-7-8-14(17-5)15(11-13)19-10-9-18-12(19)2/h9-10,13-15,17H,6-8,11H2,1-5H3. The quantitative estimate of drug-likeness (QED) is 0.900. The number of aryl methyl sites for hydroxylation is 1. The molecule has 3 unspecified atom stereocenters. The van der Waals surface area contributed by atoms with Crippen LogP contribution < -0.4 is 5.32 Å². The molecule has 1 N–H and O–H groups in total. The second-order valence-electron chi connectivity index (χ2n) is 6.70. The summed E-state index contributed by atoms with van der Waals surface area (Å²) in [4.78, 5) is 4.40. The fourth-order valence-corrected chi connectivity index (χ4v) is 3.53. The number of likely N-dealkylation sites (N-methyl/N-ethyl adjacent to an activating group) is 1. The molecule has 108 valence electrons. The lowest BCUT2D eigenvalue weighted by Crippen LogP contribution is -2.43. The molecule has 0 amide bonds. The minimum atomic E-state index is 0.450. The zero-order valence-electron chi connectivity index (χ0n) is 13.1. The molecule has 19 heavy (non-hydrogen) atoms. The summed E-state index contributed by atoms with van der Waals surface area (Å²) in [6, 6.07) is 1.13. The van der Waals surface area contributed by atoms with Crippen LogP contribution in [0.2, 0.25) is 0 Å². The van der Waals surface area contributed by atoms with Crippen molar-refractivity contribution in [2.45, 2.75) is 65.5 Å². The van der Waals surface area contributed by atoms with Crippen molar-refractivity contribution in [3.63, 3.8) is 0 Å². The number of hydrogen-bond donors (Lipinski definition) is 1. The minimum absolute atomic E-state index is 0.450. The first-order valence-electron chi connectivity index (χ1n) is 7.66. The van der Waals surface area contributed by atoms with Crippen LogP contribution in [0.25, 0.3) is 0 Å². The maximum absolute atomic E-state index is 4.40. The first-order chi connectivity index (χ1) is 8.99. The molecule has 1 aromatic heterocycles. The van der Waals surface area contributed by atoms with E-state index in [0.717, 1.165) is 11.7 Å². The van der Waals surface area contributed by atoms with E-state index in [1.54, 1.807) is 0 Å². The molecule has 3 heteroatoms. The van der Waals surface area contributed by atoms with Gasteiger partial charge in [0.25, 0.3) is 0 Å². The van der Waals surface area contributed by atoms with Crippen LogP contribution in [-0.2, 0) is 0 Å². The summed E-state index contributed by atoms with van der Waals surface area (Å²) in [7, 11) is 2.09. The molecule has 3 atom stereocenters. The zero-order valence-corrected chi connectivity index (χ0v) is 13.1. The highest BCUT2D eigenvalue weighted by Crippen LogP contribution is 2.44. The van der Waals surface area contributed by atoms with Gasteiger partial charge in [-0.05, 0) is 44.6 Å².